The molecule has 2 N–H and O–H groups in total. The Morgan fingerprint density at radius 3 is 2.48 bits per heavy atom. The first-order chi connectivity index (χ1) is 14.9. The summed E-state index contributed by atoms with van der Waals surface area (Å²) >= 11 is 6.03. The molecular weight excluding hydrogens is 422 g/mol. The van der Waals surface area contributed by atoms with Crippen LogP contribution in [0.2, 0.25) is 5.02 Å². The first-order valence-corrected chi connectivity index (χ1v) is 9.39. The van der Waals surface area contributed by atoms with Crippen LogP contribution < -0.4 is 10.7 Å². The molecule has 0 radical (unpaired) electrons. The highest BCUT2D eigenvalue weighted by Crippen LogP contribution is 2.24. The van der Waals surface area contributed by atoms with Gasteiger partial charge in [0.2, 0.25) is 0 Å². The number of non-ortho nitro benzene ring substituents is 1. The molecule has 0 saturated heterocycles. The van der Waals surface area contributed by atoms with Crippen LogP contribution in [0.1, 0.15) is 20.7 Å². The first-order valence-electron chi connectivity index (χ1n) is 9.02. The molecule has 4 aromatic rings. The number of nitro groups is 1. The predicted molar refractivity (Wildman–Crippen MR) is 116 cm³/mol. The minimum atomic E-state index is -0.604. The summed E-state index contributed by atoms with van der Waals surface area (Å²) in [6.07, 6.45) is 1.49. The standard InChI is InChI=1S/C21H14ClN5O4/c22-16-11-13(27(30)31)9-10-14(16)20(28)24-17-6-2-1-5-15(17)21(29)25-26-12-23-18-7-3-4-8-19(18)26/h1-12H,(H,24,28)(H,25,29). The van der Waals surface area contributed by atoms with E-state index in [9.17, 15) is 19.7 Å². The molecule has 0 aliphatic rings. The summed E-state index contributed by atoms with van der Waals surface area (Å²) in [6, 6.07) is 17.3. The molecule has 0 atom stereocenters. The number of aromatic nitrogens is 2. The lowest BCUT2D eigenvalue weighted by Gasteiger charge is -2.13. The van der Waals surface area contributed by atoms with Gasteiger partial charge in [0.25, 0.3) is 17.5 Å². The number of halogens is 1. The van der Waals surface area contributed by atoms with Crippen molar-refractivity contribution in [1.29, 1.82) is 0 Å². The van der Waals surface area contributed by atoms with E-state index in [2.05, 4.69) is 15.7 Å². The van der Waals surface area contributed by atoms with Gasteiger partial charge in [0, 0.05) is 12.1 Å². The van der Waals surface area contributed by atoms with Gasteiger partial charge in [-0.25, -0.2) is 9.66 Å². The number of rotatable bonds is 5. The Morgan fingerprint density at radius 1 is 0.968 bits per heavy atom. The summed E-state index contributed by atoms with van der Waals surface area (Å²) in [7, 11) is 0. The molecule has 4 rings (SSSR count). The quantitative estimate of drug-likeness (QED) is 0.359. The monoisotopic (exact) mass is 435 g/mol. The molecule has 154 valence electrons. The smallest absolute Gasteiger partial charge is 0.272 e. The summed E-state index contributed by atoms with van der Waals surface area (Å²) in [4.78, 5) is 40.0. The molecule has 10 heteroatoms. The van der Waals surface area contributed by atoms with E-state index in [1.807, 2.05) is 24.3 Å². The number of nitrogens with one attached hydrogen (secondary N) is 2. The number of nitro benzene ring substituents is 1. The molecular formula is C21H14ClN5O4. The minimum absolute atomic E-state index is 0.0445. The number of carbonyl (C=O) groups excluding carboxylic acids is 2. The number of anilines is 1. The second-order valence-electron chi connectivity index (χ2n) is 6.47. The fourth-order valence-corrected chi connectivity index (χ4v) is 3.26. The second-order valence-corrected chi connectivity index (χ2v) is 6.87. The van der Waals surface area contributed by atoms with Crippen molar-refractivity contribution in [2.45, 2.75) is 0 Å². The second kappa shape index (κ2) is 8.25. The van der Waals surface area contributed by atoms with Crippen LogP contribution in [0.4, 0.5) is 11.4 Å². The molecule has 9 nitrogen and oxygen atoms in total. The van der Waals surface area contributed by atoms with Crippen molar-refractivity contribution in [2.24, 2.45) is 0 Å². The number of hydrogen-bond donors (Lipinski definition) is 2. The van der Waals surface area contributed by atoms with E-state index < -0.39 is 16.7 Å². The largest absolute Gasteiger partial charge is 0.321 e. The number of fused-ring (bicyclic) bond motifs is 1. The Hall–Kier alpha value is -4.24. The number of imidazole rings is 1. The third-order valence-electron chi connectivity index (χ3n) is 4.50. The number of hydrogen-bond acceptors (Lipinski definition) is 5. The van der Waals surface area contributed by atoms with Gasteiger partial charge in [-0.15, -0.1) is 0 Å². The zero-order valence-electron chi connectivity index (χ0n) is 15.8. The van der Waals surface area contributed by atoms with E-state index in [1.54, 1.807) is 24.3 Å². The van der Waals surface area contributed by atoms with Gasteiger partial charge in [-0.2, -0.15) is 0 Å². The highest BCUT2D eigenvalue weighted by atomic mass is 35.5. The molecule has 0 saturated carbocycles. The molecule has 0 unspecified atom stereocenters. The van der Waals surface area contributed by atoms with Gasteiger partial charge < -0.3 is 5.32 Å². The number of amides is 2. The van der Waals surface area contributed by atoms with Crippen LogP contribution in [-0.2, 0) is 0 Å². The van der Waals surface area contributed by atoms with Crippen LogP contribution >= 0.6 is 11.6 Å². The number of nitrogens with zero attached hydrogens (tertiary/aromatic N) is 3. The SMILES string of the molecule is O=C(Nc1ccccc1C(=O)Nn1cnc2ccccc21)c1ccc([N+](=O)[O-])cc1Cl. The van der Waals surface area contributed by atoms with Crippen molar-refractivity contribution in [3.8, 4) is 0 Å². The zero-order valence-corrected chi connectivity index (χ0v) is 16.5. The predicted octanol–water partition coefficient (Wildman–Crippen LogP) is 4.23. The summed E-state index contributed by atoms with van der Waals surface area (Å²) in [5, 5.41) is 13.4. The van der Waals surface area contributed by atoms with E-state index in [4.69, 9.17) is 11.6 Å². The maximum absolute atomic E-state index is 12.9. The molecule has 0 spiro atoms. The van der Waals surface area contributed by atoms with Gasteiger partial charge in [0.05, 0.1) is 37.8 Å². The van der Waals surface area contributed by atoms with Crippen molar-refractivity contribution in [1.82, 2.24) is 9.66 Å². The summed E-state index contributed by atoms with van der Waals surface area (Å²) in [5.41, 5.74) is 4.45. The van der Waals surface area contributed by atoms with Gasteiger partial charge in [-0.3, -0.25) is 25.1 Å². The molecule has 0 aliphatic carbocycles. The van der Waals surface area contributed by atoms with Crippen molar-refractivity contribution in [2.75, 3.05) is 10.7 Å². The summed E-state index contributed by atoms with van der Waals surface area (Å²) < 4.78 is 1.49. The number of benzene rings is 3. The third kappa shape index (κ3) is 4.07. The third-order valence-corrected chi connectivity index (χ3v) is 4.82. The lowest BCUT2D eigenvalue weighted by atomic mass is 10.1. The van der Waals surface area contributed by atoms with Crippen LogP contribution in [0, 0.1) is 10.1 Å². The molecule has 1 heterocycles. The Balaban J connectivity index is 1.58. The molecule has 0 bridgehead atoms. The summed E-state index contributed by atoms with van der Waals surface area (Å²) in [6.45, 7) is 0. The van der Waals surface area contributed by atoms with Crippen molar-refractivity contribution < 1.29 is 14.5 Å². The van der Waals surface area contributed by atoms with Crippen molar-refractivity contribution in [3.05, 3.63) is 99.3 Å². The van der Waals surface area contributed by atoms with Crippen molar-refractivity contribution >= 4 is 45.8 Å². The van der Waals surface area contributed by atoms with Gasteiger partial charge in [0.15, 0.2) is 0 Å². The Kier molecular flexibility index (Phi) is 5.33. The van der Waals surface area contributed by atoms with Gasteiger partial charge >= 0.3 is 0 Å². The molecule has 2 amide bonds. The molecule has 31 heavy (non-hydrogen) atoms. The van der Waals surface area contributed by atoms with E-state index in [1.165, 1.54) is 23.1 Å². The maximum Gasteiger partial charge on any atom is 0.272 e. The average Bonchev–Trinajstić information content (AvgIpc) is 3.16. The molecule has 0 fully saturated rings. The average molecular weight is 436 g/mol. The van der Waals surface area contributed by atoms with Crippen LogP contribution in [0.15, 0.2) is 73.1 Å². The normalized spacial score (nSPS) is 10.6. The van der Waals surface area contributed by atoms with Crippen LogP contribution in [0.25, 0.3) is 11.0 Å². The van der Waals surface area contributed by atoms with Crippen LogP contribution in [0.5, 0.6) is 0 Å². The topological polar surface area (TPSA) is 119 Å². The molecule has 3 aromatic carbocycles. The highest BCUT2D eigenvalue weighted by molar-refractivity contribution is 6.34. The number of para-hydroxylation sites is 3. The van der Waals surface area contributed by atoms with Crippen LogP contribution in [0.3, 0.4) is 0 Å². The van der Waals surface area contributed by atoms with E-state index in [0.29, 0.717) is 0 Å². The lowest BCUT2D eigenvalue weighted by molar-refractivity contribution is -0.384. The van der Waals surface area contributed by atoms with Crippen LogP contribution in [-0.4, -0.2) is 26.4 Å². The fraction of sp³-hybridized carbons (Fsp3) is 0. The number of carbonyl (C=O) groups is 2. The Labute approximate surface area is 180 Å². The summed E-state index contributed by atoms with van der Waals surface area (Å²) in [5.74, 6) is -1.07. The lowest BCUT2D eigenvalue weighted by Crippen LogP contribution is -2.24. The van der Waals surface area contributed by atoms with E-state index in [0.717, 1.165) is 17.1 Å². The fourth-order valence-electron chi connectivity index (χ4n) is 3.00. The first kappa shape index (κ1) is 20.0. The van der Waals surface area contributed by atoms with E-state index in [-0.39, 0.29) is 27.5 Å². The Bertz CT molecular complexity index is 1330. The minimum Gasteiger partial charge on any atom is -0.321 e. The van der Waals surface area contributed by atoms with Gasteiger partial charge in [-0.05, 0) is 30.3 Å². The van der Waals surface area contributed by atoms with Gasteiger partial charge in [-0.1, -0.05) is 35.9 Å². The Morgan fingerprint density at radius 2 is 1.71 bits per heavy atom. The maximum atomic E-state index is 12.9. The van der Waals surface area contributed by atoms with Gasteiger partial charge in [0.1, 0.15) is 6.33 Å². The molecule has 0 aliphatic heterocycles. The zero-order chi connectivity index (χ0) is 22.0. The molecule has 1 aromatic heterocycles. The van der Waals surface area contributed by atoms with Crippen molar-refractivity contribution in [3.63, 3.8) is 0 Å². The highest BCUT2D eigenvalue weighted by Gasteiger charge is 2.18. The van der Waals surface area contributed by atoms with E-state index >= 15 is 0 Å².